The molecule has 2 N–H and O–H groups in total. The average molecular weight is 303 g/mol. The Morgan fingerprint density at radius 2 is 2.16 bits per heavy atom. The number of amides is 1. The van der Waals surface area contributed by atoms with Crippen LogP contribution in [0.1, 0.15) is 30.4 Å². The highest BCUT2D eigenvalue weighted by Crippen LogP contribution is 2.16. The lowest BCUT2D eigenvalue weighted by atomic mass is 9.95. The van der Waals surface area contributed by atoms with Crippen LogP contribution in [0.25, 0.3) is 0 Å². The van der Waals surface area contributed by atoms with Gasteiger partial charge in [-0.3, -0.25) is 4.79 Å². The zero-order valence-corrected chi connectivity index (χ0v) is 12.4. The number of rotatable bonds is 4. The van der Waals surface area contributed by atoms with Gasteiger partial charge >= 0.3 is 5.97 Å². The van der Waals surface area contributed by atoms with Gasteiger partial charge in [0, 0.05) is 6.07 Å². The van der Waals surface area contributed by atoms with Crippen LogP contribution >= 0.6 is 23.1 Å². The summed E-state index contributed by atoms with van der Waals surface area (Å²) >= 11 is 6.54. The van der Waals surface area contributed by atoms with Crippen LogP contribution < -0.4 is 5.32 Å². The van der Waals surface area contributed by atoms with Crippen molar-refractivity contribution in [3.05, 3.63) is 28.2 Å². The van der Waals surface area contributed by atoms with Crippen molar-refractivity contribution in [3.8, 4) is 0 Å². The quantitative estimate of drug-likeness (QED) is 0.838. The Labute approximate surface area is 120 Å². The number of allylic oxidation sites excluding steroid dienone is 1. The largest absolute Gasteiger partial charge is 0.479 e. The third-order valence-electron chi connectivity index (χ3n) is 2.05. The molecule has 1 rings (SSSR count). The maximum absolute atomic E-state index is 11.8. The molecule has 0 aliphatic rings. The van der Waals surface area contributed by atoms with Gasteiger partial charge in [-0.05, 0) is 16.9 Å². The number of hydrogen-bond acceptors (Lipinski definition) is 4. The maximum atomic E-state index is 11.8. The molecule has 104 valence electrons. The normalized spacial score (nSPS) is 13.5. The molecule has 0 spiro atoms. The Morgan fingerprint density at radius 3 is 2.58 bits per heavy atom. The molecular weight excluding hydrogens is 288 g/mol. The van der Waals surface area contributed by atoms with Crippen LogP contribution in [-0.2, 0) is 4.79 Å². The predicted octanol–water partition coefficient (Wildman–Crippen LogP) is 2.58. The van der Waals surface area contributed by atoms with E-state index in [-0.39, 0.29) is 15.4 Å². The molecule has 1 atom stereocenters. The first-order chi connectivity index (χ1) is 8.69. The number of nitrogens with zero attached hydrogens (tertiary/aromatic N) is 1. The monoisotopic (exact) mass is 302 g/mol. The van der Waals surface area contributed by atoms with Gasteiger partial charge in [-0.1, -0.05) is 44.5 Å². The number of carboxylic acids is 1. The fraction of sp³-hybridized carbons (Fsp3) is 0.417. The highest BCUT2D eigenvalue weighted by Gasteiger charge is 2.20. The molecule has 1 aromatic heterocycles. The van der Waals surface area contributed by atoms with E-state index in [1.165, 1.54) is 12.1 Å². The standard InChI is InChI=1S/C12H15ClN2O3S/c1-12(2,3)5-4-7(11(17)18)14-10(16)8-6-9(13)15-19-8/h4-7H,1-3H3,(H,14,16)(H,17,18)/b5-4+/t7-/m1/s1. The summed E-state index contributed by atoms with van der Waals surface area (Å²) in [6, 6.07) is 0.320. The van der Waals surface area contributed by atoms with E-state index in [0.717, 1.165) is 11.5 Å². The number of carboxylic acid groups (broad SMARTS) is 1. The van der Waals surface area contributed by atoms with E-state index >= 15 is 0 Å². The van der Waals surface area contributed by atoms with E-state index in [0.29, 0.717) is 0 Å². The minimum atomic E-state index is -1.12. The maximum Gasteiger partial charge on any atom is 0.330 e. The van der Waals surface area contributed by atoms with Gasteiger partial charge in [-0.15, -0.1) is 0 Å². The minimum absolute atomic E-state index is 0.160. The number of hydrogen-bond donors (Lipinski definition) is 2. The van der Waals surface area contributed by atoms with Crippen LogP contribution in [0.15, 0.2) is 18.2 Å². The Morgan fingerprint density at radius 1 is 1.53 bits per heavy atom. The fourth-order valence-corrected chi connectivity index (χ4v) is 1.97. The van der Waals surface area contributed by atoms with Crippen LogP contribution in [0.2, 0.25) is 5.15 Å². The van der Waals surface area contributed by atoms with E-state index in [4.69, 9.17) is 16.7 Å². The summed E-state index contributed by atoms with van der Waals surface area (Å²) in [6.07, 6.45) is 3.20. The number of carbonyl (C=O) groups excluding carboxylic acids is 1. The molecule has 1 aromatic rings. The SMILES string of the molecule is CC(C)(C)/C=C/[C@@H](NC(=O)c1cc(Cl)ns1)C(=O)O. The Balaban J connectivity index is 2.77. The molecule has 1 heterocycles. The summed E-state index contributed by atoms with van der Waals surface area (Å²) in [7, 11) is 0. The van der Waals surface area contributed by atoms with Crippen LogP contribution in [0, 0.1) is 5.41 Å². The van der Waals surface area contributed by atoms with Gasteiger partial charge in [-0.2, -0.15) is 4.37 Å². The first-order valence-electron chi connectivity index (χ1n) is 5.54. The number of halogens is 1. The predicted molar refractivity (Wildman–Crippen MR) is 74.6 cm³/mol. The second kappa shape index (κ2) is 6.16. The van der Waals surface area contributed by atoms with Crippen molar-refractivity contribution in [3.63, 3.8) is 0 Å². The molecule has 0 bridgehead atoms. The van der Waals surface area contributed by atoms with Crippen LogP contribution in [-0.4, -0.2) is 27.4 Å². The number of nitrogens with one attached hydrogen (secondary N) is 1. The lowest BCUT2D eigenvalue weighted by Crippen LogP contribution is -2.39. The average Bonchev–Trinajstić information content (AvgIpc) is 2.69. The van der Waals surface area contributed by atoms with Gasteiger partial charge in [0.25, 0.3) is 5.91 Å². The molecule has 7 heteroatoms. The van der Waals surface area contributed by atoms with Crippen molar-refractivity contribution in [2.75, 3.05) is 0 Å². The molecule has 0 aliphatic carbocycles. The van der Waals surface area contributed by atoms with Crippen molar-refractivity contribution in [2.24, 2.45) is 5.41 Å². The summed E-state index contributed by atoms with van der Waals surface area (Å²) in [6.45, 7) is 5.81. The van der Waals surface area contributed by atoms with E-state index in [9.17, 15) is 9.59 Å². The second-order valence-electron chi connectivity index (χ2n) is 5.03. The number of carbonyl (C=O) groups is 2. The second-order valence-corrected chi connectivity index (χ2v) is 6.22. The van der Waals surface area contributed by atoms with Crippen molar-refractivity contribution < 1.29 is 14.7 Å². The summed E-state index contributed by atoms with van der Waals surface area (Å²) in [4.78, 5) is 23.2. The topological polar surface area (TPSA) is 79.3 Å². The molecule has 0 fully saturated rings. The zero-order valence-electron chi connectivity index (χ0n) is 10.8. The number of aliphatic carboxylic acids is 1. The Kier molecular flexibility index (Phi) is 5.08. The fourth-order valence-electron chi connectivity index (χ4n) is 1.15. The first kappa shape index (κ1) is 15.7. The summed E-state index contributed by atoms with van der Waals surface area (Å²) < 4.78 is 3.76. The summed E-state index contributed by atoms with van der Waals surface area (Å²) in [5.41, 5.74) is -0.160. The molecule has 0 aliphatic heterocycles. The Hall–Kier alpha value is -1.40. The molecule has 5 nitrogen and oxygen atoms in total. The van der Waals surface area contributed by atoms with Crippen molar-refractivity contribution in [1.82, 2.24) is 9.69 Å². The Bertz CT molecular complexity index is 505. The highest BCUT2D eigenvalue weighted by molar-refractivity contribution is 7.08. The smallest absolute Gasteiger partial charge is 0.330 e. The molecule has 0 unspecified atom stereocenters. The first-order valence-corrected chi connectivity index (χ1v) is 6.69. The van der Waals surface area contributed by atoms with Crippen molar-refractivity contribution >= 4 is 35.0 Å². The van der Waals surface area contributed by atoms with Crippen LogP contribution in [0.5, 0.6) is 0 Å². The molecule has 0 saturated carbocycles. The summed E-state index contributed by atoms with van der Waals surface area (Å²) in [5, 5.41) is 11.7. The van der Waals surface area contributed by atoms with Crippen LogP contribution in [0.3, 0.4) is 0 Å². The van der Waals surface area contributed by atoms with Gasteiger partial charge in [0.1, 0.15) is 16.1 Å². The molecule has 1 amide bonds. The van der Waals surface area contributed by atoms with E-state index in [1.54, 1.807) is 6.08 Å². The lowest BCUT2D eigenvalue weighted by Gasteiger charge is -2.14. The van der Waals surface area contributed by atoms with E-state index in [2.05, 4.69) is 9.69 Å². The van der Waals surface area contributed by atoms with E-state index in [1.807, 2.05) is 20.8 Å². The van der Waals surface area contributed by atoms with Gasteiger partial charge in [0.15, 0.2) is 0 Å². The molecule has 19 heavy (non-hydrogen) atoms. The molecule has 0 aromatic carbocycles. The van der Waals surface area contributed by atoms with Crippen molar-refractivity contribution in [1.29, 1.82) is 0 Å². The van der Waals surface area contributed by atoms with Gasteiger partial charge in [0.2, 0.25) is 0 Å². The summed E-state index contributed by atoms with van der Waals surface area (Å²) in [5.74, 6) is -1.63. The van der Waals surface area contributed by atoms with E-state index < -0.39 is 17.9 Å². The number of aromatic nitrogens is 1. The van der Waals surface area contributed by atoms with Crippen LogP contribution in [0.4, 0.5) is 0 Å². The van der Waals surface area contributed by atoms with Crippen molar-refractivity contribution in [2.45, 2.75) is 26.8 Å². The highest BCUT2D eigenvalue weighted by atomic mass is 35.5. The molecule has 0 saturated heterocycles. The third-order valence-corrected chi connectivity index (χ3v) is 3.13. The van der Waals surface area contributed by atoms with Gasteiger partial charge in [0.05, 0.1) is 0 Å². The minimum Gasteiger partial charge on any atom is -0.479 e. The third kappa shape index (κ3) is 5.40. The van der Waals surface area contributed by atoms with Gasteiger partial charge in [-0.25, -0.2) is 4.79 Å². The van der Waals surface area contributed by atoms with Gasteiger partial charge < -0.3 is 10.4 Å². The zero-order chi connectivity index (χ0) is 14.6. The molecule has 0 radical (unpaired) electrons. The molecular formula is C12H15ClN2O3S. The lowest BCUT2D eigenvalue weighted by molar-refractivity contribution is -0.137.